The summed E-state index contributed by atoms with van der Waals surface area (Å²) in [5, 5.41) is 4.68. The average Bonchev–Trinajstić information content (AvgIpc) is 3.30. The molecule has 0 aliphatic carbocycles. The van der Waals surface area contributed by atoms with E-state index < -0.39 is 21.1 Å². The van der Waals surface area contributed by atoms with Crippen molar-refractivity contribution in [3.63, 3.8) is 0 Å². The van der Waals surface area contributed by atoms with Gasteiger partial charge in [-0.2, -0.15) is 0 Å². The zero-order valence-corrected chi connectivity index (χ0v) is 18.8. The third kappa shape index (κ3) is 1.96. The van der Waals surface area contributed by atoms with Gasteiger partial charge in [-0.05, 0) is 59.6 Å². The van der Waals surface area contributed by atoms with Gasteiger partial charge in [0.05, 0.1) is 27.2 Å². The lowest BCUT2D eigenvalue weighted by Crippen LogP contribution is -2.38. The zero-order valence-electron chi connectivity index (χ0n) is 16.3. The van der Waals surface area contributed by atoms with E-state index in [9.17, 15) is 8.42 Å². The van der Waals surface area contributed by atoms with Gasteiger partial charge >= 0.3 is 0 Å². The topological polar surface area (TPSA) is 64.0 Å². The van der Waals surface area contributed by atoms with Crippen molar-refractivity contribution in [1.82, 2.24) is 14.3 Å². The van der Waals surface area contributed by atoms with Crippen LogP contribution in [0.5, 0.6) is 0 Å². The third-order valence-corrected chi connectivity index (χ3v) is 8.86. The summed E-state index contributed by atoms with van der Waals surface area (Å²) in [7, 11) is -3.81. The zero-order chi connectivity index (χ0) is 20.9. The lowest BCUT2D eigenvalue weighted by atomic mass is 9.77. The molecule has 30 heavy (non-hydrogen) atoms. The second kappa shape index (κ2) is 5.60. The Hall–Kier alpha value is -2.48. The van der Waals surface area contributed by atoms with Crippen LogP contribution in [0, 0.1) is 0 Å². The summed E-state index contributed by atoms with van der Waals surface area (Å²) < 4.78 is 30.1. The average molecular weight is 480 g/mol. The highest BCUT2D eigenvalue weighted by Gasteiger charge is 2.61. The lowest BCUT2D eigenvalue weighted by Gasteiger charge is -2.28. The first-order valence-corrected chi connectivity index (χ1v) is 11.9. The summed E-state index contributed by atoms with van der Waals surface area (Å²) in [5.74, 6) is 0. The second-order valence-electron chi connectivity index (χ2n) is 8.22. The molecule has 150 valence electrons. The number of hydrogen-bond donors (Lipinski definition) is 1. The second-order valence-corrected chi connectivity index (χ2v) is 10.8. The van der Waals surface area contributed by atoms with Crippen molar-refractivity contribution in [2.24, 2.45) is 0 Å². The maximum atomic E-state index is 13.9. The molecule has 2 aliphatic rings. The Bertz CT molecular complexity index is 1480. The van der Waals surface area contributed by atoms with E-state index in [0.717, 1.165) is 32.4 Å². The first-order chi connectivity index (χ1) is 14.3. The number of nitrogens with zero attached hydrogens (tertiary/aromatic N) is 2. The molecule has 1 N–H and O–H groups in total. The molecule has 0 radical (unpaired) electrons. The van der Waals surface area contributed by atoms with Gasteiger partial charge in [-0.25, -0.2) is 17.4 Å². The van der Waals surface area contributed by atoms with Crippen molar-refractivity contribution in [2.75, 3.05) is 0 Å². The minimum absolute atomic E-state index is 0.274. The molecular weight excluding hydrogens is 462 g/mol. The molecule has 0 fully saturated rings. The normalized spacial score (nSPS) is 24.2. The number of pyridine rings is 1. The van der Waals surface area contributed by atoms with Crippen LogP contribution in [0.3, 0.4) is 0 Å². The first-order valence-electron chi connectivity index (χ1n) is 9.70. The molecule has 4 heterocycles. The number of hydrogen-bond acceptors (Lipinski definition) is 4. The molecule has 2 atom stereocenters. The van der Waals surface area contributed by atoms with Crippen molar-refractivity contribution in [2.45, 2.75) is 29.8 Å². The molecule has 2 aliphatic heterocycles. The highest BCUT2D eigenvalue weighted by molar-refractivity contribution is 9.10. The summed E-state index contributed by atoms with van der Waals surface area (Å²) in [6.45, 7) is 4.17. The highest BCUT2D eigenvalue weighted by atomic mass is 79.9. The molecule has 5 nitrogen and oxygen atoms in total. The summed E-state index contributed by atoms with van der Waals surface area (Å²) in [6, 6.07) is 18.4. The molecule has 0 unspecified atom stereocenters. The number of fused-ring (bicyclic) bond motifs is 10. The van der Waals surface area contributed by atoms with Crippen LogP contribution in [0.15, 0.2) is 76.4 Å². The van der Waals surface area contributed by atoms with Crippen LogP contribution in [-0.2, 0) is 21.1 Å². The highest BCUT2D eigenvalue weighted by Crippen LogP contribution is 2.60. The quantitative estimate of drug-likeness (QED) is 0.430. The molecule has 6 rings (SSSR count). The Morgan fingerprint density at radius 2 is 1.63 bits per heavy atom. The first kappa shape index (κ1) is 18.3. The van der Waals surface area contributed by atoms with Gasteiger partial charge < -0.3 is 0 Å². The van der Waals surface area contributed by atoms with Gasteiger partial charge in [-0.15, -0.1) is 0 Å². The van der Waals surface area contributed by atoms with Crippen LogP contribution in [0.2, 0.25) is 0 Å². The van der Waals surface area contributed by atoms with E-state index in [1.807, 2.05) is 43.3 Å². The van der Waals surface area contributed by atoms with Gasteiger partial charge in [-0.3, -0.25) is 5.32 Å². The minimum Gasteiger partial charge on any atom is -0.289 e. The minimum atomic E-state index is -3.81. The van der Waals surface area contributed by atoms with Gasteiger partial charge in [0.1, 0.15) is 4.60 Å². The predicted molar refractivity (Wildman–Crippen MR) is 119 cm³/mol. The van der Waals surface area contributed by atoms with E-state index in [-0.39, 0.29) is 4.90 Å². The van der Waals surface area contributed by atoms with E-state index in [1.165, 1.54) is 3.97 Å². The fraction of sp³-hybridized carbons (Fsp3) is 0.174. The van der Waals surface area contributed by atoms with Crippen LogP contribution in [0.25, 0.3) is 10.9 Å². The van der Waals surface area contributed by atoms with E-state index in [0.29, 0.717) is 5.52 Å². The van der Waals surface area contributed by atoms with E-state index in [4.69, 9.17) is 0 Å². The number of rotatable bonds is 2. The predicted octanol–water partition coefficient (Wildman–Crippen LogP) is 4.48. The number of aromatic nitrogens is 2. The Kier molecular flexibility index (Phi) is 3.42. The Balaban J connectivity index is 1.80. The number of benzene rings is 2. The lowest BCUT2D eigenvalue weighted by molar-refractivity contribution is 0.409. The number of para-hydroxylation sites is 1. The maximum Gasteiger partial charge on any atom is 0.268 e. The van der Waals surface area contributed by atoms with Crippen molar-refractivity contribution in [3.05, 3.63) is 93.8 Å². The summed E-state index contributed by atoms with van der Waals surface area (Å²) >= 11 is 3.61. The Morgan fingerprint density at radius 3 is 2.40 bits per heavy atom. The SMILES string of the molecule is C[C@]12N[C@](C)(c3c1ccnc3Br)c1c2c2ccccc2n1S(=O)(=O)c1ccccc1. The Labute approximate surface area is 182 Å². The standard InChI is InChI=1S/C23H18BrN3O2S/c1-22-16-12-13-25-21(24)19(16)23(2,26-22)20-18(22)15-10-6-7-11-17(15)27(20)30(28,29)14-8-4-3-5-9-14/h3-13,26H,1-2H3/t22-,23+/m0/s1. The summed E-state index contributed by atoms with van der Waals surface area (Å²) in [6.07, 6.45) is 1.79. The van der Waals surface area contributed by atoms with Gasteiger partial charge in [0, 0.05) is 22.7 Å². The summed E-state index contributed by atoms with van der Waals surface area (Å²) in [5.41, 5.74) is 3.38. The summed E-state index contributed by atoms with van der Waals surface area (Å²) in [4.78, 5) is 4.71. The molecule has 0 saturated carbocycles. The van der Waals surface area contributed by atoms with Gasteiger partial charge in [0.25, 0.3) is 10.0 Å². The van der Waals surface area contributed by atoms with Gasteiger partial charge in [0.15, 0.2) is 0 Å². The van der Waals surface area contributed by atoms with Gasteiger partial charge in [0.2, 0.25) is 0 Å². The Morgan fingerprint density at radius 1 is 0.933 bits per heavy atom. The molecule has 2 aromatic heterocycles. The molecule has 0 amide bonds. The van der Waals surface area contributed by atoms with Crippen molar-refractivity contribution in [3.8, 4) is 0 Å². The smallest absolute Gasteiger partial charge is 0.268 e. The van der Waals surface area contributed by atoms with Crippen LogP contribution >= 0.6 is 15.9 Å². The van der Waals surface area contributed by atoms with Crippen LogP contribution in [0.4, 0.5) is 0 Å². The number of halogens is 1. The van der Waals surface area contributed by atoms with E-state index in [2.05, 4.69) is 33.2 Å². The molecule has 2 bridgehead atoms. The van der Waals surface area contributed by atoms with Gasteiger partial charge in [-0.1, -0.05) is 36.4 Å². The maximum absolute atomic E-state index is 13.9. The fourth-order valence-corrected chi connectivity index (χ4v) is 7.82. The molecule has 0 spiro atoms. The molecular formula is C23H18BrN3O2S. The van der Waals surface area contributed by atoms with Crippen molar-refractivity contribution in [1.29, 1.82) is 0 Å². The fourth-order valence-electron chi connectivity index (χ4n) is 5.45. The largest absolute Gasteiger partial charge is 0.289 e. The molecule has 0 saturated heterocycles. The molecule has 7 heteroatoms. The van der Waals surface area contributed by atoms with E-state index in [1.54, 1.807) is 30.5 Å². The van der Waals surface area contributed by atoms with Crippen molar-refractivity contribution >= 4 is 36.9 Å². The molecule has 2 aromatic carbocycles. The number of nitrogens with one attached hydrogen (secondary N) is 1. The molecule has 4 aromatic rings. The van der Waals surface area contributed by atoms with Crippen LogP contribution in [0.1, 0.15) is 36.2 Å². The monoisotopic (exact) mass is 479 g/mol. The van der Waals surface area contributed by atoms with E-state index >= 15 is 0 Å². The van der Waals surface area contributed by atoms with Crippen LogP contribution in [-0.4, -0.2) is 17.4 Å². The third-order valence-electron chi connectivity index (χ3n) is 6.53. The van der Waals surface area contributed by atoms with Crippen molar-refractivity contribution < 1.29 is 8.42 Å². The van der Waals surface area contributed by atoms with Crippen LogP contribution < -0.4 is 5.32 Å².